The first kappa shape index (κ1) is 11.2. The van der Waals surface area contributed by atoms with Crippen LogP contribution in [-0.4, -0.2) is 0 Å². The third-order valence-corrected chi connectivity index (χ3v) is 3.27. The molecule has 0 saturated heterocycles. The zero-order chi connectivity index (χ0) is 12.7. The molecule has 0 unspecified atom stereocenters. The van der Waals surface area contributed by atoms with Gasteiger partial charge >= 0.3 is 0 Å². The monoisotopic (exact) mass is 257 g/mol. The van der Waals surface area contributed by atoms with E-state index >= 15 is 0 Å². The maximum atomic E-state index is 5.96. The molecular weight excluding hydrogens is 246 g/mol. The number of anilines is 1. The van der Waals surface area contributed by atoms with E-state index in [-0.39, 0.29) is 0 Å². The fourth-order valence-electron chi connectivity index (χ4n) is 1.99. The predicted octanol–water partition coefficient (Wildman–Crippen LogP) is 4.64. The Morgan fingerprint density at radius 3 is 2.67 bits per heavy atom. The van der Waals surface area contributed by atoms with Crippen LogP contribution in [0.2, 0.25) is 5.02 Å². The van der Waals surface area contributed by atoms with Gasteiger partial charge in [0.25, 0.3) is 0 Å². The minimum absolute atomic E-state index is 0.711. The molecule has 0 saturated carbocycles. The molecule has 1 heterocycles. The number of hydrogen-bond acceptors (Lipinski definition) is 2. The normalized spacial score (nSPS) is 11.0. The molecule has 18 heavy (non-hydrogen) atoms. The zero-order valence-electron chi connectivity index (χ0n) is 9.91. The molecule has 90 valence electrons. The number of nitrogens with two attached hydrogens (primary N) is 1. The van der Waals surface area contributed by atoms with Gasteiger partial charge in [0.15, 0.2) is 0 Å². The molecule has 0 radical (unpaired) electrons. The van der Waals surface area contributed by atoms with Crippen molar-refractivity contribution in [3.63, 3.8) is 0 Å². The molecule has 0 fully saturated rings. The van der Waals surface area contributed by atoms with Gasteiger partial charge in [-0.15, -0.1) is 0 Å². The number of fused-ring (bicyclic) bond motifs is 1. The molecule has 0 amide bonds. The molecule has 0 atom stereocenters. The van der Waals surface area contributed by atoms with Gasteiger partial charge in [0.2, 0.25) is 0 Å². The Balaban J connectivity index is 2.16. The minimum Gasteiger partial charge on any atom is -0.456 e. The maximum absolute atomic E-state index is 5.96. The molecule has 3 aromatic rings. The third-order valence-electron chi connectivity index (χ3n) is 3.03. The molecule has 0 aliphatic heterocycles. The van der Waals surface area contributed by atoms with Crippen molar-refractivity contribution in [1.29, 1.82) is 0 Å². The van der Waals surface area contributed by atoms with E-state index in [2.05, 4.69) is 0 Å². The van der Waals surface area contributed by atoms with Crippen molar-refractivity contribution in [2.75, 3.05) is 5.73 Å². The number of furan rings is 1. The van der Waals surface area contributed by atoms with E-state index in [1.807, 2.05) is 49.4 Å². The minimum atomic E-state index is 0.711. The van der Waals surface area contributed by atoms with Gasteiger partial charge in [-0.3, -0.25) is 0 Å². The quantitative estimate of drug-likeness (QED) is 0.645. The number of halogens is 1. The molecule has 2 N–H and O–H groups in total. The predicted molar refractivity (Wildman–Crippen MR) is 75.8 cm³/mol. The van der Waals surface area contributed by atoms with Crippen molar-refractivity contribution < 1.29 is 4.42 Å². The van der Waals surface area contributed by atoms with Crippen molar-refractivity contribution in [1.82, 2.24) is 0 Å². The first-order valence-corrected chi connectivity index (χ1v) is 6.07. The number of hydrogen-bond donors (Lipinski definition) is 1. The molecule has 3 heteroatoms. The first-order valence-electron chi connectivity index (χ1n) is 5.69. The summed E-state index contributed by atoms with van der Waals surface area (Å²) in [6.07, 6.45) is 0. The molecule has 3 rings (SSSR count). The maximum Gasteiger partial charge on any atom is 0.135 e. The second-order valence-electron chi connectivity index (χ2n) is 4.36. The molecule has 0 aliphatic rings. The van der Waals surface area contributed by atoms with Crippen molar-refractivity contribution >= 4 is 28.3 Å². The average Bonchev–Trinajstić information content (AvgIpc) is 2.75. The van der Waals surface area contributed by atoms with Gasteiger partial charge in [-0.2, -0.15) is 0 Å². The van der Waals surface area contributed by atoms with Gasteiger partial charge in [-0.25, -0.2) is 0 Å². The van der Waals surface area contributed by atoms with E-state index in [0.29, 0.717) is 5.02 Å². The molecular formula is C15H12ClNO. The van der Waals surface area contributed by atoms with Crippen molar-refractivity contribution in [3.05, 3.63) is 53.1 Å². The largest absolute Gasteiger partial charge is 0.456 e. The van der Waals surface area contributed by atoms with Crippen LogP contribution in [0.3, 0.4) is 0 Å². The summed E-state index contributed by atoms with van der Waals surface area (Å²) in [6, 6.07) is 13.5. The first-order chi connectivity index (χ1) is 8.63. The Kier molecular flexibility index (Phi) is 2.53. The second kappa shape index (κ2) is 4.07. The highest BCUT2D eigenvalue weighted by Gasteiger charge is 2.07. The van der Waals surface area contributed by atoms with Crippen molar-refractivity contribution in [3.8, 4) is 11.3 Å². The van der Waals surface area contributed by atoms with Gasteiger partial charge in [0.05, 0.1) is 0 Å². The molecule has 0 aliphatic carbocycles. The lowest BCUT2D eigenvalue weighted by atomic mass is 10.1. The number of nitrogen functional groups attached to an aromatic ring is 1. The number of benzene rings is 2. The Bertz CT molecular complexity index is 730. The lowest BCUT2D eigenvalue weighted by Crippen LogP contribution is -1.88. The van der Waals surface area contributed by atoms with Crippen LogP contribution in [0.25, 0.3) is 22.3 Å². The SMILES string of the molecule is Cc1cc(-c2cc3cc(Cl)ccc3o2)ccc1N. The van der Waals surface area contributed by atoms with Crippen LogP contribution in [0.4, 0.5) is 5.69 Å². The van der Waals surface area contributed by atoms with Crippen LogP contribution in [-0.2, 0) is 0 Å². The summed E-state index contributed by atoms with van der Waals surface area (Å²) >= 11 is 5.96. The Morgan fingerprint density at radius 2 is 1.89 bits per heavy atom. The highest BCUT2D eigenvalue weighted by Crippen LogP contribution is 2.30. The van der Waals surface area contributed by atoms with E-state index in [9.17, 15) is 0 Å². The summed E-state index contributed by atoms with van der Waals surface area (Å²) in [6.45, 7) is 1.98. The highest BCUT2D eigenvalue weighted by atomic mass is 35.5. The zero-order valence-corrected chi connectivity index (χ0v) is 10.7. The molecule has 2 nitrogen and oxygen atoms in total. The van der Waals surface area contributed by atoms with Gasteiger partial charge in [0, 0.05) is 21.7 Å². The van der Waals surface area contributed by atoms with Crippen molar-refractivity contribution in [2.24, 2.45) is 0 Å². The fraction of sp³-hybridized carbons (Fsp3) is 0.0667. The van der Waals surface area contributed by atoms with Crippen LogP contribution in [0.5, 0.6) is 0 Å². The van der Waals surface area contributed by atoms with Crippen LogP contribution < -0.4 is 5.73 Å². The van der Waals surface area contributed by atoms with E-state index in [0.717, 1.165) is 33.5 Å². The van der Waals surface area contributed by atoms with Gasteiger partial charge < -0.3 is 10.2 Å². The second-order valence-corrected chi connectivity index (χ2v) is 4.80. The summed E-state index contributed by atoms with van der Waals surface area (Å²) < 4.78 is 5.80. The molecule has 0 spiro atoms. The van der Waals surface area contributed by atoms with Crippen molar-refractivity contribution in [2.45, 2.75) is 6.92 Å². The van der Waals surface area contributed by atoms with Crippen LogP contribution in [0.15, 0.2) is 46.9 Å². The smallest absolute Gasteiger partial charge is 0.135 e. The van der Waals surface area contributed by atoms with E-state index in [1.165, 1.54) is 0 Å². The lowest BCUT2D eigenvalue weighted by Gasteiger charge is -2.01. The summed E-state index contributed by atoms with van der Waals surface area (Å²) in [5, 5.41) is 1.72. The fourth-order valence-corrected chi connectivity index (χ4v) is 2.17. The molecule has 0 bridgehead atoms. The average molecular weight is 258 g/mol. The van der Waals surface area contributed by atoms with Gasteiger partial charge in [-0.05, 0) is 55.0 Å². The molecule has 1 aromatic heterocycles. The number of rotatable bonds is 1. The Morgan fingerprint density at radius 1 is 1.06 bits per heavy atom. The van der Waals surface area contributed by atoms with Crippen LogP contribution in [0, 0.1) is 6.92 Å². The topological polar surface area (TPSA) is 39.2 Å². The highest BCUT2D eigenvalue weighted by molar-refractivity contribution is 6.31. The summed E-state index contributed by atoms with van der Waals surface area (Å²) in [7, 11) is 0. The Labute approximate surface area is 110 Å². The molecule has 2 aromatic carbocycles. The van der Waals surface area contributed by atoms with E-state index in [4.69, 9.17) is 21.8 Å². The van der Waals surface area contributed by atoms with Gasteiger partial charge in [0.1, 0.15) is 11.3 Å². The number of aryl methyl sites for hydroxylation is 1. The summed E-state index contributed by atoms with van der Waals surface area (Å²) in [4.78, 5) is 0. The Hall–Kier alpha value is -1.93. The standard InChI is InChI=1S/C15H12ClNO/c1-9-6-10(2-4-13(9)17)15-8-11-7-12(16)3-5-14(11)18-15/h2-8H,17H2,1H3. The third kappa shape index (κ3) is 1.85. The van der Waals surface area contributed by atoms with Crippen LogP contribution >= 0.6 is 11.6 Å². The summed E-state index contributed by atoms with van der Waals surface area (Å²) in [5.41, 5.74) is 9.51. The van der Waals surface area contributed by atoms with E-state index in [1.54, 1.807) is 0 Å². The summed E-state index contributed by atoms with van der Waals surface area (Å²) in [5.74, 6) is 0.829. The van der Waals surface area contributed by atoms with Gasteiger partial charge in [-0.1, -0.05) is 11.6 Å². The lowest BCUT2D eigenvalue weighted by molar-refractivity contribution is 0.631. The van der Waals surface area contributed by atoms with E-state index < -0.39 is 0 Å². The van der Waals surface area contributed by atoms with Crippen LogP contribution in [0.1, 0.15) is 5.56 Å².